The third-order valence-corrected chi connectivity index (χ3v) is 2.38. The maximum Gasteiger partial charge on any atom is 0.241 e. The van der Waals surface area contributed by atoms with Gasteiger partial charge in [-0.3, -0.25) is 4.79 Å². The van der Waals surface area contributed by atoms with Crippen LogP contribution in [0.15, 0.2) is 0 Å². The third-order valence-electron chi connectivity index (χ3n) is 1.67. The first-order chi connectivity index (χ1) is 6.63. The maximum absolute atomic E-state index is 11.2. The zero-order valence-corrected chi connectivity index (χ0v) is 9.39. The molecule has 0 saturated carbocycles. The molecule has 0 unspecified atom stereocenters. The summed E-state index contributed by atoms with van der Waals surface area (Å²) in [6.45, 7) is 2.27. The Bertz CT molecular complexity index is 310. The van der Waals surface area contributed by atoms with E-state index in [1.165, 1.54) is 16.4 Å². The van der Waals surface area contributed by atoms with Gasteiger partial charge in [0.2, 0.25) is 11.0 Å². The molecule has 14 heavy (non-hydrogen) atoms. The average Bonchev–Trinajstić information content (AvgIpc) is 2.61. The third kappa shape index (κ3) is 2.95. The van der Waals surface area contributed by atoms with Gasteiger partial charge < -0.3 is 10.2 Å². The van der Waals surface area contributed by atoms with Crippen LogP contribution in [0.3, 0.4) is 0 Å². The van der Waals surface area contributed by atoms with E-state index in [0.29, 0.717) is 5.13 Å². The number of carbonyl (C=O) groups is 1. The van der Waals surface area contributed by atoms with Crippen LogP contribution >= 0.6 is 11.5 Å². The van der Waals surface area contributed by atoms with Crippen LogP contribution in [0.5, 0.6) is 0 Å². The smallest absolute Gasteiger partial charge is 0.241 e. The molecule has 0 atom stereocenters. The molecule has 5 nitrogen and oxygen atoms in total. The Morgan fingerprint density at radius 1 is 1.57 bits per heavy atom. The van der Waals surface area contributed by atoms with Gasteiger partial charge in [0.1, 0.15) is 5.82 Å². The predicted octanol–water partition coefficient (Wildman–Crippen LogP) is 0.601. The second-order valence-electron chi connectivity index (χ2n) is 3.01. The number of likely N-dealkylation sites (N-methyl/N-ethyl adjacent to an activating group) is 1. The molecule has 0 radical (unpaired) electrons. The van der Waals surface area contributed by atoms with Crippen LogP contribution < -0.4 is 5.32 Å². The molecule has 6 heteroatoms. The van der Waals surface area contributed by atoms with Gasteiger partial charge in [-0.25, -0.2) is 4.98 Å². The van der Waals surface area contributed by atoms with Gasteiger partial charge in [-0.05, 0) is 0 Å². The number of nitrogens with one attached hydrogen (secondary N) is 1. The van der Waals surface area contributed by atoms with Crippen molar-refractivity contribution < 1.29 is 4.79 Å². The highest BCUT2D eigenvalue weighted by molar-refractivity contribution is 7.09. The minimum absolute atomic E-state index is 0.0262. The zero-order chi connectivity index (χ0) is 10.6. The molecule has 0 aliphatic rings. The molecule has 0 aromatic carbocycles. The number of nitrogens with zero attached hydrogens (tertiary/aromatic N) is 3. The number of rotatable bonds is 4. The molecule has 1 aromatic rings. The Balaban J connectivity index is 2.41. The lowest BCUT2D eigenvalue weighted by Crippen LogP contribution is -2.28. The average molecular weight is 214 g/mol. The van der Waals surface area contributed by atoms with Gasteiger partial charge >= 0.3 is 0 Å². The predicted molar refractivity (Wildman–Crippen MR) is 56.5 cm³/mol. The summed E-state index contributed by atoms with van der Waals surface area (Å²) in [6, 6.07) is 0. The summed E-state index contributed by atoms with van der Waals surface area (Å²) in [5.41, 5.74) is 0. The highest BCUT2D eigenvalue weighted by Crippen LogP contribution is 2.10. The fourth-order valence-corrected chi connectivity index (χ4v) is 1.42. The largest absolute Gasteiger partial charge is 0.351 e. The van der Waals surface area contributed by atoms with Crippen molar-refractivity contribution >= 4 is 22.6 Å². The molecule has 1 aromatic heterocycles. The number of aryl methyl sites for hydroxylation is 1. The molecule has 1 amide bonds. The first-order valence-electron chi connectivity index (χ1n) is 4.40. The number of aromatic nitrogens is 2. The van der Waals surface area contributed by atoms with Gasteiger partial charge in [0, 0.05) is 32.0 Å². The summed E-state index contributed by atoms with van der Waals surface area (Å²) < 4.78 is 4.10. The Morgan fingerprint density at radius 2 is 2.29 bits per heavy atom. The van der Waals surface area contributed by atoms with Gasteiger partial charge in [-0.15, -0.1) is 0 Å². The van der Waals surface area contributed by atoms with Crippen LogP contribution in [0.1, 0.15) is 12.7 Å². The van der Waals surface area contributed by atoms with Crippen molar-refractivity contribution in [3.8, 4) is 0 Å². The summed E-state index contributed by atoms with van der Waals surface area (Å²) in [6.07, 6.45) is 0.819. The molecule has 0 fully saturated rings. The SMILES string of the molecule is CCc1nsc(NCC(=O)N(C)C)n1. The molecule has 0 spiro atoms. The lowest BCUT2D eigenvalue weighted by Gasteiger charge is -2.09. The number of anilines is 1. The Kier molecular flexibility index (Phi) is 3.82. The molecule has 1 heterocycles. The van der Waals surface area contributed by atoms with E-state index < -0.39 is 0 Å². The van der Waals surface area contributed by atoms with E-state index in [9.17, 15) is 4.79 Å². The van der Waals surface area contributed by atoms with Crippen LogP contribution in [-0.4, -0.2) is 40.8 Å². The van der Waals surface area contributed by atoms with E-state index in [4.69, 9.17) is 0 Å². The summed E-state index contributed by atoms with van der Waals surface area (Å²) >= 11 is 1.28. The zero-order valence-electron chi connectivity index (χ0n) is 8.57. The summed E-state index contributed by atoms with van der Waals surface area (Å²) in [5, 5.41) is 3.64. The fraction of sp³-hybridized carbons (Fsp3) is 0.625. The molecule has 1 rings (SSSR count). The maximum atomic E-state index is 11.2. The second kappa shape index (κ2) is 4.90. The second-order valence-corrected chi connectivity index (χ2v) is 3.76. The van der Waals surface area contributed by atoms with E-state index in [-0.39, 0.29) is 12.5 Å². The topological polar surface area (TPSA) is 58.1 Å². The van der Waals surface area contributed by atoms with Crippen molar-refractivity contribution in [1.82, 2.24) is 14.3 Å². The standard InChI is InChI=1S/C8H14N4OS/c1-4-6-10-8(14-11-6)9-5-7(13)12(2)3/h4-5H2,1-3H3,(H,9,10,11). The Hall–Kier alpha value is -1.17. The monoisotopic (exact) mass is 214 g/mol. The molecule has 0 bridgehead atoms. The summed E-state index contributed by atoms with van der Waals surface area (Å²) in [7, 11) is 3.45. The van der Waals surface area contributed by atoms with Crippen molar-refractivity contribution in [2.75, 3.05) is 26.0 Å². The van der Waals surface area contributed by atoms with Gasteiger partial charge in [-0.2, -0.15) is 4.37 Å². The van der Waals surface area contributed by atoms with E-state index in [1.807, 2.05) is 6.92 Å². The van der Waals surface area contributed by atoms with Crippen LogP contribution in [0.25, 0.3) is 0 Å². The lowest BCUT2D eigenvalue weighted by atomic mass is 10.5. The normalized spacial score (nSPS) is 9.93. The van der Waals surface area contributed by atoms with Crippen LogP contribution in [0.2, 0.25) is 0 Å². The van der Waals surface area contributed by atoms with Gasteiger partial charge in [0.15, 0.2) is 0 Å². The van der Waals surface area contributed by atoms with Crippen molar-refractivity contribution in [1.29, 1.82) is 0 Å². The number of amides is 1. The number of hydrogen-bond donors (Lipinski definition) is 1. The summed E-state index contributed by atoms with van der Waals surface area (Å²) in [5.74, 6) is 0.841. The molecule has 1 N–H and O–H groups in total. The summed E-state index contributed by atoms with van der Waals surface area (Å²) in [4.78, 5) is 16.9. The molecular weight excluding hydrogens is 200 g/mol. The molecule has 0 aliphatic heterocycles. The van der Waals surface area contributed by atoms with E-state index in [1.54, 1.807) is 14.1 Å². The minimum atomic E-state index is 0.0262. The Morgan fingerprint density at radius 3 is 2.79 bits per heavy atom. The molecular formula is C8H14N4OS. The van der Waals surface area contributed by atoms with Crippen LogP contribution in [0.4, 0.5) is 5.13 Å². The quantitative estimate of drug-likeness (QED) is 0.797. The van der Waals surface area contributed by atoms with Gasteiger partial charge in [-0.1, -0.05) is 6.92 Å². The number of hydrogen-bond acceptors (Lipinski definition) is 5. The van der Waals surface area contributed by atoms with Gasteiger partial charge in [0.05, 0.1) is 6.54 Å². The van der Waals surface area contributed by atoms with E-state index >= 15 is 0 Å². The van der Waals surface area contributed by atoms with Crippen LogP contribution in [0, 0.1) is 0 Å². The van der Waals surface area contributed by atoms with Crippen molar-refractivity contribution in [3.05, 3.63) is 5.82 Å². The van der Waals surface area contributed by atoms with E-state index in [2.05, 4.69) is 14.7 Å². The molecule has 0 saturated heterocycles. The number of carbonyl (C=O) groups excluding carboxylic acids is 1. The van der Waals surface area contributed by atoms with Crippen LogP contribution in [-0.2, 0) is 11.2 Å². The molecule has 0 aliphatic carbocycles. The highest BCUT2D eigenvalue weighted by atomic mass is 32.1. The highest BCUT2D eigenvalue weighted by Gasteiger charge is 2.05. The van der Waals surface area contributed by atoms with Crippen molar-refractivity contribution in [2.24, 2.45) is 0 Å². The fourth-order valence-electron chi connectivity index (χ4n) is 0.779. The first-order valence-corrected chi connectivity index (χ1v) is 5.17. The van der Waals surface area contributed by atoms with Crippen molar-refractivity contribution in [2.45, 2.75) is 13.3 Å². The van der Waals surface area contributed by atoms with E-state index in [0.717, 1.165) is 12.2 Å². The minimum Gasteiger partial charge on any atom is -0.351 e. The van der Waals surface area contributed by atoms with Gasteiger partial charge in [0.25, 0.3) is 0 Å². The Labute approximate surface area is 87.3 Å². The van der Waals surface area contributed by atoms with Crippen molar-refractivity contribution in [3.63, 3.8) is 0 Å². The lowest BCUT2D eigenvalue weighted by molar-refractivity contribution is -0.126. The molecule has 78 valence electrons. The first kappa shape index (κ1) is 10.9.